The first-order valence-electron chi connectivity index (χ1n) is 7.11. The molecule has 0 amide bonds. The Balaban J connectivity index is 2.31. The number of hydrogen-bond donors (Lipinski definition) is 0. The molecule has 2 unspecified atom stereocenters. The Kier molecular flexibility index (Phi) is 4.08. The van der Waals surface area contributed by atoms with Crippen LogP contribution in [0.15, 0.2) is 18.2 Å². The zero-order chi connectivity index (χ0) is 14.8. The molecule has 1 aromatic rings. The van der Waals surface area contributed by atoms with Gasteiger partial charge in [0.1, 0.15) is 0 Å². The Hall–Kier alpha value is -1.89. The zero-order valence-electron chi connectivity index (χ0n) is 12.1. The number of hydrogen-bond acceptors (Lipinski definition) is 3. The molecule has 0 heterocycles. The summed E-state index contributed by atoms with van der Waals surface area (Å²) >= 11 is 0. The van der Waals surface area contributed by atoms with Gasteiger partial charge in [0, 0.05) is 11.6 Å². The van der Waals surface area contributed by atoms with Gasteiger partial charge in [0.05, 0.1) is 16.4 Å². The Morgan fingerprint density at radius 3 is 2.90 bits per heavy atom. The summed E-state index contributed by atoms with van der Waals surface area (Å²) in [7, 11) is 0. The summed E-state index contributed by atoms with van der Waals surface area (Å²) in [5.41, 5.74) is 1.44. The van der Waals surface area contributed by atoms with E-state index in [1.807, 2.05) is 6.07 Å². The van der Waals surface area contributed by atoms with Gasteiger partial charge in [-0.25, -0.2) is 0 Å². The minimum Gasteiger partial charge on any atom is -0.258 e. The minimum absolute atomic E-state index is 0.152. The first-order valence-corrected chi connectivity index (χ1v) is 7.11. The van der Waals surface area contributed by atoms with Crippen LogP contribution in [0.3, 0.4) is 0 Å². The van der Waals surface area contributed by atoms with E-state index in [1.165, 1.54) is 12.5 Å². The summed E-state index contributed by atoms with van der Waals surface area (Å²) in [6.45, 7) is 3.97. The van der Waals surface area contributed by atoms with Crippen molar-refractivity contribution < 1.29 is 4.92 Å². The van der Waals surface area contributed by atoms with Crippen LogP contribution < -0.4 is 0 Å². The standard InChI is InChI=1S/C16H20N2O2/c1-12-5-4-8-16(9-12,11-17)10-14-6-3-7-15(13(14)2)18(19)20/h3,6-7,12H,4-5,8-10H2,1-2H3. The topological polar surface area (TPSA) is 66.9 Å². The number of nitriles is 1. The van der Waals surface area contributed by atoms with E-state index in [0.29, 0.717) is 17.9 Å². The van der Waals surface area contributed by atoms with Crippen molar-refractivity contribution in [2.45, 2.75) is 46.0 Å². The van der Waals surface area contributed by atoms with E-state index in [2.05, 4.69) is 13.0 Å². The molecule has 0 saturated heterocycles. The lowest BCUT2D eigenvalue weighted by Gasteiger charge is -2.34. The lowest BCUT2D eigenvalue weighted by Crippen LogP contribution is -2.29. The van der Waals surface area contributed by atoms with Gasteiger partial charge in [-0.3, -0.25) is 10.1 Å². The van der Waals surface area contributed by atoms with E-state index in [4.69, 9.17) is 0 Å². The van der Waals surface area contributed by atoms with Crippen LogP contribution in [0, 0.1) is 39.7 Å². The van der Waals surface area contributed by atoms with Gasteiger partial charge >= 0.3 is 0 Å². The quantitative estimate of drug-likeness (QED) is 0.612. The Labute approximate surface area is 119 Å². The number of nitro groups is 1. The maximum absolute atomic E-state index is 11.0. The predicted octanol–water partition coefficient (Wildman–Crippen LogP) is 4.17. The number of nitro benzene ring substituents is 1. The summed E-state index contributed by atoms with van der Waals surface area (Å²) in [6.07, 6.45) is 4.67. The highest BCUT2D eigenvalue weighted by Crippen LogP contribution is 2.42. The zero-order valence-corrected chi connectivity index (χ0v) is 12.1. The van der Waals surface area contributed by atoms with Crippen molar-refractivity contribution in [3.05, 3.63) is 39.4 Å². The van der Waals surface area contributed by atoms with Crippen LogP contribution in [0.2, 0.25) is 0 Å². The molecule has 4 nitrogen and oxygen atoms in total. The van der Waals surface area contributed by atoms with Crippen molar-refractivity contribution in [1.82, 2.24) is 0 Å². The largest absolute Gasteiger partial charge is 0.272 e. The van der Waals surface area contributed by atoms with Crippen LogP contribution in [0.4, 0.5) is 5.69 Å². The molecule has 0 radical (unpaired) electrons. The molecule has 20 heavy (non-hydrogen) atoms. The molecule has 0 spiro atoms. The average Bonchev–Trinajstić information content (AvgIpc) is 2.41. The van der Waals surface area contributed by atoms with Crippen LogP contribution in [0.1, 0.15) is 43.7 Å². The minimum atomic E-state index is -0.350. The van der Waals surface area contributed by atoms with Gasteiger partial charge in [-0.1, -0.05) is 31.9 Å². The number of benzene rings is 1. The third-order valence-corrected chi connectivity index (χ3v) is 4.47. The van der Waals surface area contributed by atoms with Crippen LogP contribution in [0.25, 0.3) is 0 Å². The lowest BCUT2D eigenvalue weighted by atomic mass is 9.67. The summed E-state index contributed by atoms with van der Waals surface area (Å²) in [5.74, 6) is 0.558. The van der Waals surface area contributed by atoms with Crippen molar-refractivity contribution in [1.29, 1.82) is 5.26 Å². The van der Waals surface area contributed by atoms with Crippen molar-refractivity contribution in [3.8, 4) is 6.07 Å². The van der Waals surface area contributed by atoms with Crippen LogP contribution >= 0.6 is 0 Å². The fourth-order valence-corrected chi connectivity index (χ4v) is 3.39. The third-order valence-electron chi connectivity index (χ3n) is 4.47. The molecule has 4 heteroatoms. The fraction of sp³-hybridized carbons (Fsp3) is 0.562. The van der Waals surface area contributed by atoms with Crippen molar-refractivity contribution in [2.75, 3.05) is 0 Å². The maximum Gasteiger partial charge on any atom is 0.272 e. The monoisotopic (exact) mass is 272 g/mol. The molecule has 2 rings (SSSR count). The second-order valence-corrected chi connectivity index (χ2v) is 6.09. The van der Waals surface area contributed by atoms with Gasteiger partial charge in [-0.15, -0.1) is 0 Å². The number of nitrogens with zero attached hydrogens (tertiary/aromatic N) is 2. The molecular weight excluding hydrogens is 252 g/mol. The summed E-state index contributed by atoms with van der Waals surface area (Å²) < 4.78 is 0. The highest BCUT2D eigenvalue weighted by atomic mass is 16.6. The molecule has 0 aliphatic heterocycles. The molecule has 1 aliphatic rings. The molecule has 0 N–H and O–H groups in total. The highest BCUT2D eigenvalue weighted by Gasteiger charge is 2.36. The predicted molar refractivity (Wildman–Crippen MR) is 77.2 cm³/mol. The second-order valence-electron chi connectivity index (χ2n) is 6.09. The third kappa shape index (κ3) is 2.82. The molecule has 1 aliphatic carbocycles. The molecule has 106 valence electrons. The van der Waals surface area contributed by atoms with E-state index in [1.54, 1.807) is 13.0 Å². The van der Waals surface area contributed by atoms with Gasteiger partial charge < -0.3 is 0 Å². The summed E-state index contributed by atoms with van der Waals surface area (Å²) in [6, 6.07) is 7.67. The highest BCUT2D eigenvalue weighted by molar-refractivity contribution is 5.45. The van der Waals surface area contributed by atoms with Crippen molar-refractivity contribution >= 4 is 5.69 Å². The molecule has 0 aromatic heterocycles. The normalized spacial score (nSPS) is 25.9. The maximum atomic E-state index is 11.0. The van der Waals surface area contributed by atoms with Crippen LogP contribution in [-0.2, 0) is 6.42 Å². The first-order chi connectivity index (χ1) is 9.47. The van der Waals surface area contributed by atoms with E-state index >= 15 is 0 Å². The van der Waals surface area contributed by atoms with Gasteiger partial charge in [0.15, 0.2) is 0 Å². The van der Waals surface area contributed by atoms with E-state index in [-0.39, 0.29) is 16.0 Å². The second kappa shape index (κ2) is 5.62. The van der Waals surface area contributed by atoms with Crippen LogP contribution in [0.5, 0.6) is 0 Å². The van der Waals surface area contributed by atoms with Gasteiger partial charge in [0.2, 0.25) is 0 Å². The summed E-state index contributed by atoms with van der Waals surface area (Å²) in [4.78, 5) is 10.7. The first kappa shape index (κ1) is 14.5. The Morgan fingerprint density at radius 1 is 1.55 bits per heavy atom. The molecular formula is C16H20N2O2. The van der Waals surface area contributed by atoms with Crippen molar-refractivity contribution in [3.63, 3.8) is 0 Å². The van der Waals surface area contributed by atoms with Crippen molar-refractivity contribution in [2.24, 2.45) is 11.3 Å². The average molecular weight is 272 g/mol. The SMILES string of the molecule is Cc1c(CC2(C#N)CCCC(C)C2)cccc1[N+](=O)[O-]. The molecule has 1 saturated carbocycles. The van der Waals surface area contributed by atoms with E-state index < -0.39 is 0 Å². The molecule has 0 bridgehead atoms. The van der Waals surface area contributed by atoms with Gasteiger partial charge in [-0.05, 0) is 37.7 Å². The Morgan fingerprint density at radius 2 is 2.30 bits per heavy atom. The smallest absolute Gasteiger partial charge is 0.258 e. The lowest BCUT2D eigenvalue weighted by molar-refractivity contribution is -0.385. The molecule has 1 fully saturated rings. The molecule has 2 atom stereocenters. The van der Waals surface area contributed by atoms with Gasteiger partial charge in [0.25, 0.3) is 5.69 Å². The number of rotatable bonds is 3. The van der Waals surface area contributed by atoms with Gasteiger partial charge in [-0.2, -0.15) is 5.26 Å². The Bertz CT molecular complexity index is 562. The van der Waals surface area contributed by atoms with Crippen LogP contribution in [-0.4, -0.2) is 4.92 Å². The molecule has 1 aromatic carbocycles. The fourth-order valence-electron chi connectivity index (χ4n) is 3.39. The van der Waals surface area contributed by atoms with E-state index in [0.717, 1.165) is 24.8 Å². The summed E-state index contributed by atoms with van der Waals surface area (Å²) in [5, 5.41) is 20.6. The van der Waals surface area contributed by atoms with E-state index in [9.17, 15) is 15.4 Å².